The molecule has 0 bridgehead atoms. The highest BCUT2D eigenvalue weighted by Crippen LogP contribution is 2.20. The molecule has 3 aromatic rings. The van der Waals surface area contributed by atoms with Crippen molar-refractivity contribution in [3.8, 4) is 17.0 Å². The number of nitrogens with zero attached hydrogens (tertiary/aromatic N) is 2. The number of aromatic amines is 1. The maximum Gasteiger partial charge on any atom is 0.346 e. The zero-order chi connectivity index (χ0) is 17.6. The first-order chi connectivity index (χ1) is 12.2. The molecule has 0 saturated heterocycles. The number of rotatable bonds is 5. The Balaban J connectivity index is 1.80. The molecule has 126 valence electrons. The van der Waals surface area contributed by atoms with Gasteiger partial charge in [0.2, 0.25) is 0 Å². The summed E-state index contributed by atoms with van der Waals surface area (Å²) >= 11 is 0. The van der Waals surface area contributed by atoms with Gasteiger partial charge in [-0.2, -0.15) is 4.98 Å². The van der Waals surface area contributed by atoms with Crippen LogP contribution < -0.4 is 15.7 Å². The Bertz CT molecular complexity index is 921. The zero-order valence-electron chi connectivity index (χ0n) is 13.5. The molecule has 0 atom stereocenters. The molecule has 7 nitrogen and oxygen atoms in total. The van der Waals surface area contributed by atoms with E-state index in [1.807, 2.05) is 6.07 Å². The van der Waals surface area contributed by atoms with Crippen molar-refractivity contribution >= 4 is 5.91 Å². The maximum absolute atomic E-state index is 12.3. The van der Waals surface area contributed by atoms with Crippen LogP contribution in [0.15, 0.2) is 59.7 Å². The number of carbonyl (C=O) groups is 1. The van der Waals surface area contributed by atoms with Crippen LogP contribution in [-0.4, -0.2) is 28.0 Å². The number of amides is 1. The van der Waals surface area contributed by atoms with Gasteiger partial charge in [0.1, 0.15) is 11.4 Å². The van der Waals surface area contributed by atoms with Crippen molar-refractivity contribution in [2.45, 2.75) is 6.54 Å². The highest BCUT2D eigenvalue weighted by molar-refractivity contribution is 5.93. The number of methoxy groups -OCH3 is 1. The predicted octanol–water partition coefficient (Wildman–Crippen LogP) is 1.77. The van der Waals surface area contributed by atoms with Crippen molar-refractivity contribution in [2.24, 2.45) is 0 Å². The quantitative estimate of drug-likeness (QED) is 0.740. The summed E-state index contributed by atoms with van der Waals surface area (Å²) in [5.74, 6) is 0.307. The molecule has 0 aliphatic rings. The van der Waals surface area contributed by atoms with Gasteiger partial charge in [-0.1, -0.05) is 6.07 Å². The van der Waals surface area contributed by atoms with Crippen LogP contribution in [0.1, 0.15) is 16.1 Å². The fourth-order valence-electron chi connectivity index (χ4n) is 2.27. The van der Waals surface area contributed by atoms with E-state index in [0.717, 1.165) is 5.56 Å². The van der Waals surface area contributed by atoms with Crippen LogP contribution in [0, 0.1) is 0 Å². The average Bonchev–Trinajstić information content (AvgIpc) is 2.66. The smallest absolute Gasteiger partial charge is 0.346 e. The number of hydrogen-bond acceptors (Lipinski definition) is 5. The number of ether oxygens (including phenoxy) is 1. The summed E-state index contributed by atoms with van der Waals surface area (Å²) in [6.45, 7) is 0.314. The molecule has 1 aromatic carbocycles. The Morgan fingerprint density at radius 1 is 1.24 bits per heavy atom. The molecule has 2 N–H and O–H groups in total. The van der Waals surface area contributed by atoms with Gasteiger partial charge in [0.15, 0.2) is 0 Å². The van der Waals surface area contributed by atoms with Crippen LogP contribution in [0.5, 0.6) is 5.75 Å². The first-order valence-electron chi connectivity index (χ1n) is 7.58. The van der Waals surface area contributed by atoms with Gasteiger partial charge in [-0.15, -0.1) is 0 Å². The molecule has 7 heteroatoms. The van der Waals surface area contributed by atoms with Gasteiger partial charge in [-0.25, -0.2) is 4.79 Å². The monoisotopic (exact) mass is 336 g/mol. The molecule has 0 saturated carbocycles. The molecule has 2 heterocycles. The molecule has 25 heavy (non-hydrogen) atoms. The maximum atomic E-state index is 12.3. The largest absolute Gasteiger partial charge is 0.497 e. The number of carbonyl (C=O) groups excluding carboxylic acids is 1. The minimum absolute atomic E-state index is 0.148. The third kappa shape index (κ3) is 4.08. The highest BCUT2D eigenvalue weighted by Gasteiger charge is 2.10. The van der Waals surface area contributed by atoms with E-state index >= 15 is 0 Å². The van der Waals surface area contributed by atoms with Crippen LogP contribution in [0.25, 0.3) is 11.3 Å². The van der Waals surface area contributed by atoms with Crippen LogP contribution in [0.3, 0.4) is 0 Å². The summed E-state index contributed by atoms with van der Waals surface area (Å²) in [5.41, 5.74) is 1.56. The van der Waals surface area contributed by atoms with Gasteiger partial charge in [-0.05, 0) is 42.0 Å². The van der Waals surface area contributed by atoms with E-state index < -0.39 is 11.6 Å². The fraction of sp³-hybridized carbons (Fsp3) is 0.111. The number of hydrogen-bond donors (Lipinski definition) is 2. The van der Waals surface area contributed by atoms with Crippen molar-refractivity contribution in [1.29, 1.82) is 0 Å². The van der Waals surface area contributed by atoms with Gasteiger partial charge < -0.3 is 15.0 Å². The third-order valence-corrected chi connectivity index (χ3v) is 3.55. The number of aromatic nitrogens is 3. The van der Waals surface area contributed by atoms with Gasteiger partial charge in [0.25, 0.3) is 5.91 Å². The lowest BCUT2D eigenvalue weighted by atomic mass is 10.1. The summed E-state index contributed by atoms with van der Waals surface area (Å²) in [7, 11) is 1.57. The molecule has 3 rings (SSSR count). The first-order valence-corrected chi connectivity index (χ1v) is 7.58. The van der Waals surface area contributed by atoms with Crippen molar-refractivity contribution in [1.82, 2.24) is 20.3 Å². The molecular formula is C18H16N4O3. The molecule has 0 radical (unpaired) electrons. The van der Waals surface area contributed by atoms with E-state index in [9.17, 15) is 9.59 Å². The standard InChI is InChI=1S/C18H16N4O3/c1-25-14-6-4-13(5-7-14)15-9-16(22-18(24)21-15)17(23)20-11-12-3-2-8-19-10-12/h2-10H,11H2,1H3,(H,20,23)(H,21,22,24). The molecule has 0 fully saturated rings. The van der Waals surface area contributed by atoms with Gasteiger partial charge >= 0.3 is 5.69 Å². The lowest BCUT2D eigenvalue weighted by molar-refractivity contribution is 0.0945. The summed E-state index contributed by atoms with van der Waals surface area (Å²) in [6.07, 6.45) is 3.32. The first kappa shape index (κ1) is 16.4. The third-order valence-electron chi connectivity index (χ3n) is 3.55. The van der Waals surface area contributed by atoms with Crippen molar-refractivity contribution < 1.29 is 9.53 Å². The number of nitrogens with one attached hydrogen (secondary N) is 2. The number of benzene rings is 1. The summed E-state index contributed by atoms with van der Waals surface area (Å²) in [4.78, 5) is 34.5. The van der Waals surface area contributed by atoms with E-state index in [2.05, 4.69) is 20.3 Å². The van der Waals surface area contributed by atoms with Crippen LogP contribution in [0.4, 0.5) is 0 Å². The highest BCUT2D eigenvalue weighted by atomic mass is 16.5. The van der Waals surface area contributed by atoms with Gasteiger partial charge in [0, 0.05) is 24.5 Å². The van der Waals surface area contributed by atoms with E-state index in [1.165, 1.54) is 0 Å². The minimum Gasteiger partial charge on any atom is -0.497 e. The summed E-state index contributed by atoms with van der Waals surface area (Å²) in [5, 5.41) is 2.74. The average molecular weight is 336 g/mol. The Hall–Kier alpha value is -3.48. The number of pyridine rings is 1. The zero-order valence-corrected chi connectivity index (χ0v) is 13.5. The van der Waals surface area contributed by atoms with Crippen LogP contribution in [0.2, 0.25) is 0 Å². The fourth-order valence-corrected chi connectivity index (χ4v) is 2.27. The SMILES string of the molecule is COc1ccc(-c2cc(C(=O)NCc3cccnc3)[nH]c(=O)n2)cc1. The minimum atomic E-state index is -0.583. The Kier molecular flexibility index (Phi) is 4.84. The Labute approximate surface area is 143 Å². The molecule has 0 aliphatic heterocycles. The van der Waals surface area contributed by atoms with Crippen molar-refractivity contribution in [3.05, 3.63) is 76.6 Å². The molecule has 0 spiro atoms. The topological polar surface area (TPSA) is 97.0 Å². The molecule has 2 aromatic heterocycles. The van der Waals surface area contributed by atoms with Gasteiger partial charge in [0.05, 0.1) is 12.8 Å². The predicted molar refractivity (Wildman–Crippen MR) is 92.3 cm³/mol. The van der Waals surface area contributed by atoms with Crippen molar-refractivity contribution in [2.75, 3.05) is 7.11 Å². The Morgan fingerprint density at radius 3 is 2.72 bits per heavy atom. The summed E-state index contributed by atoms with van der Waals surface area (Å²) in [6, 6.07) is 12.3. The lowest BCUT2D eigenvalue weighted by Crippen LogP contribution is -2.27. The van der Waals surface area contributed by atoms with E-state index in [-0.39, 0.29) is 5.69 Å². The van der Waals surface area contributed by atoms with E-state index in [4.69, 9.17) is 4.74 Å². The normalized spacial score (nSPS) is 10.3. The lowest BCUT2D eigenvalue weighted by Gasteiger charge is -2.07. The number of H-pyrrole nitrogens is 1. The summed E-state index contributed by atoms with van der Waals surface area (Å²) < 4.78 is 5.11. The molecule has 1 amide bonds. The Morgan fingerprint density at radius 2 is 2.04 bits per heavy atom. The molecular weight excluding hydrogens is 320 g/mol. The van der Waals surface area contributed by atoms with E-state index in [0.29, 0.717) is 23.6 Å². The second kappa shape index (κ2) is 7.39. The molecule has 0 aliphatic carbocycles. The second-order valence-corrected chi connectivity index (χ2v) is 5.26. The van der Waals surface area contributed by atoms with Gasteiger partial charge in [-0.3, -0.25) is 9.78 Å². The molecule has 0 unspecified atom stereocenters. The van der Waals surface area contributed by atoms with Crippen LogP contribution in [-0.2, 0) is 6.54 Å². The van der Waals surface area contributed by atoms with Crippen molar-refractivity contribution in [3.63, 3.8) is 0 Å². The van der Waals surface area contributed by atoms with E-state index in [1.54, 1.807) is 55.9 Å². The second-order valence-electron chi connectivity index (χ2n) is 5.26. The van der Waals surface area contributed by atoms with Crippen LogP contribution >= 0.6 is 0 Å².